The Morgan fingerprint density at radius 2 is 1.86 bits per heavy atom. The zero-order valence-corrected chi connectivity index (χ0v) is 14.3. The summed E-state index contributed by atoms with van der Waals surface area (Å²) in [4.78, 5) is 0. The molecule has 0 radical (unpaired) electrons. The third-order valence-electron chi connectivity index (χ3n) is 4.88. The van der Waals surface area contributed by atoms with Gasteiger partial charge in [-0.1, -0.05) is 40.5 Å². The molecule has 1 aliphatic rings. The molecule has 1 aliphatic carbocycles. The Labute approximate surface area is 130 Å². The Kier molecular flexibility index (Phi) is 6.28. The van der Waals surface area contributed by atoms with E-state index >= 15 is 0 Å². The Bertz CT molecular complexity index is 404. The van der Waals surface area contributed by atoms with E-state index in [9.17, 15) is 0 Å². The fourth-order valence-corrected chi connectivity index (χ4v) is 3.19. The molecule has 0 amide bonds. The van der Waals surface area contributed by atoms with E-state index in [1.165, 1.54) is 31.4 Å². The molecule has 120 valence electrons. The van der Waals surface area contributed by atoms with Crippen molar-refractivity contribution in [2.75, 3.05) is 13.1 Å². The van der Waals surface area contributed by atoms with Crippen molar-refractivity contribution in [1.29, 1.82) is 0 Å². The summed E-state index contributed by atoms with van der Waals surface area (Å²) in [5.41, 5.74) is 1.27. The Balaban J connectivity index is 1.77. The Hall–Kier alpha value is -0.830. The monoisotopic (exact) mass is 291 g/mol. The molecule has 3 heteroatoms. The molecule has 1 fully saturated rings. The van der Waals surface area contributed by atoms with Crippen molar-refractivity contribution in [3.8, 4) is 0 Å². The molecule has 1 saturated carbocycles. The number of hydrogen-bond donors (Lipinski definition) is 1. The second-order valence-corrected chi connectivity index (χ2v) is 7.44. The van der Waals surface area contributed by atoms with E-state index in [-0.39, 0.29) is 0 Å². The van der Waals surface area contributed by atoms with Crippen molar-refractivity contribution in [3.63, 3.8) is 0 Å². The number of aromatic nitrogens is 2. The minimum absolute atomic E-state index is 0.666. The van der Waals surface area contributed by atoms with Crippen LogP contribution in [0.15, 0.2) is 12.3 Å². The van der Waals surface area contributed by atoms with Crippen LogP contribution in [0.1, 0.15) is 65.1 Å². The first-order chi connectivity index (χ1) is 10.1. The molecule has 1 aromatic heterocycles. The summed E-state index contributed by atoms with van der Waals surface area (Å²) in [5.74, 6) is 2.10. The summed E-state index contributed by atoms with van der Waals surface area (Å²) in [6, 6.07) is 2.89. The van der Waals surface area contributed by atoms with Gasteiger partial charge in [-0.05, 0) is 56.2 Å². The predicted octanol–water partition coefficient (Wildman–Crippen LogP) is 4.06. The van der Waals surface area contributed by atoms with E-state index in [2.05, 4.69) is 50.0 Å². The number of hydrogen-bond acceptors (Lipinski definition) is 2. The van der Waals surface area contributed by atoms with Gasteiger partial charge in [-0.3, -0.25) is 4.68 Å². The molecule has 0 saturated heterocycles. The third kappa shape index (κ3) is 5.14. The van der Waals surface area contributed by atoms with Crippen LogP contribution >= 0.6 is 0 Å². The number of nitrogens with one attached hydrogen (secondary N) is 1. The highest BCUT2D eigenvalue weighted by atomic mass is 15.3. The van der Waals surface area contributed by atoms with Crippen molar-refractivity contribution < 1.29 is 0 Å². The fourth-order valence-electron chi connectivity index (χ4n) is 3.19. The van der Waals surface area contributed by atoms with Crippen molar-refractivity contribution in [1.82, 2.24) is 15.1 Å². The first kappa shape index (κ1) is 16.5. The van der Waals surface area contributed by atoms with Crippen molar-refractivity contribution in [2.24, 2.45) is 17.8 Å². The molecular formula is C18H33N3. The van der Waals surface area contributed by atoms with Gasteiger partial charge in [0.05, 0.1) is 11.7 Å². The Morgan fingerprint density at radius 1 is 1.14 bits per heavy atom. The first-order valence-electron chi connectivity index (χ1n) is 8.81. The van der Waals surface area contributed by atoms with E-state index in [0.717, 1.165) is 25.4 Å². The van der Waals surface area contributed by atoms with Crippen molar-refractivity contribution in [3.05, 3.63) is 18.0 Å². The van der Waals surface area contributed by atoms with Crippen LogP contribution in [-0.2, 0) is 6.42 Å². The van der Waals surface area contributed by atoms with Crippen molar-refractivity contribution in [2.45, 2.75) is 65.8 Å². The topological polar surface area (TPSA) is 29.9 Å². The van der Waals surface area contributed by atoms with Gasteiger partial charge < -0.3 is 5.32 Å². The van der Waals surface area contributed by atoms with E-state index in [1.807, 2.05) is 0 Å². The van der Waals surface area contributed by atoms with Gasteiger partial charge in [0.1, 0.15) is 0 Å². The number of rotatable bonds is 8. The fraction of sp³-hybridized carbons (Fsp3) is 0.833. The largest absolute Gasteiger partial charge is 0.316 e. The van der Waals surface area contributed by atoms with Crippen LogP contribution in [0.4, 0.5) is 0 Å². The zero-order valence-electron chi connectivity index (χ0n) is 14.3. The highest BCUT2D eigenvalue weighted by Crippen LogP contribution is 2.29. The molecule has 0 spiro atoms. The maximum atomic E-state index is 4.82. The summed E-state index contributed by atoms with van der Waals surface area (Å²) < 4.78 is 2.22. The van der Waals surface area contributed by atoms with Crippen molar-refractivity contribution >= 4 is 0 Å². The quantitative estimate of drug-likeness (QED) is 0.783. The molecule has 0 aromatic carbocycles. The lowest BCUT2D eigenvalue weighted by Crippen LogP contribution is -2.29. The van der Waals surface area contributed by atoms with Crippen LogP contribution in [0.25, 0.3) is 0 Å². The predicted molar refractivity (Wildman–Crippen MR) is 89.5 cm³/mol. The highest BCUT2D eigenvalue weighted by molar-refractivity contribution is 5.01. The standard InChI is InChI=1S/C18H33N3/c1-14(2)12-19-13-16(4)15(3)11-17-9-10-21(20-17)18-7-5-6-8-18/h9-10,14-16,18-19H,5-8,11-13H2,1-4H3. The van der Waals surface area contributed by atoms with Gasteiger partial charge in [-0.15, -0.1) is 0 Å². The summed E-state index contributed by atoms with van der Waals surface area (Å²) >= 11 is 0. The minimum atomic E-state index is 0.666. The molecule has 0 aliphatic heterocycles. The first-order valence-corrected chi connectivity index (χ1v) is 8.81. The molecule has 2 unspecified atom stereocenters. The van der Waals surface area contributed by atoms with E-state index in [0.29, 0.717) is 17.9 Å². The summed E-state index contributed by atoms with van der Waals surface area (Å²) in [5, 5.41) is 8.40. The van der Waals surface area contributed by atoms with Crippen LogP contribution in [0.5, 0.6) is 0 Å². The molecule has 1 aromatic rings. The number of nitrogens with zero attached hydrogens (tertiary/aromatic N) is 2. The molecule has 21 heavy (non-hydrogen) atoms. The summed E-state index contributed by atoms with van der Waals surface area (Å²) in [6.45, 7) is 11.5. The van der Waals surface area contributed by atoms with E-state index in [4.69, 9.17) is 5.10 Å². The van der Waals surface area contributed by atoms with Crippen LogP contribution < -0.4 is 5.32 Å². The highest BCUT2D eigenvalue weighted by Gasteiger charge is 2.19. The van der Waals surface area contributed by atoms with Crippen LogP contribution in [-0.4, -0.2) is 22.9 Å². The van der Waals surface area contributed by atoms with Gasteiger partial charge in [-0.2, -0.15) is 5.10 Å². The lowest BCUT2D eigenvalue weighted by molar-refractivity contribution is 0.353. The van der Waals surface area contributed by atoms with Gasteiger partial charge in [-0.25, -0.2) is 0 Å². The van der Waals surface area contributed by atoms with Gasteiger partial charge in [0, 0.05) is 6.20 Å². The summed E-state index contributed by atoms with van der Waals surface area (Å²) in [6.07, 6.45) is 8.66. The molecule has 3 nitrogen and oxygen atoms in total. The van der Waals surface area contributed by atoms with Crippen LogP contribution in [0.3, 0.4) is 0 Å². The van der Waals surface area contributed by atoms with Crippen LogP contribution in [0.2, 0.25) is 0 Å². The maximum absolute atomic E-state index is 4.82. The van der Waals surface area contributed by atoms with Gasteiger partial charge >= 0.3 is 0 Å². The third-order valence-corrected chi connectivity index (χ3v) is 4.88. The molecule has 2 atom stereocenters. The second kappa shape index (κ2) is 7.98. The van der Waals surface area contributed by atoms with Gasteiger partial charge in [0.2, 0.25) is 0 Å². The van der Waals surface area contributed by atoms with Crippen LogP contribution in [0, 0.1) is 17.8 Å². The lowest BCUT2D eigenvalue weighted by Gasteiger charge is -2.20. The van der Waals surface area contributed by atoms with E-state index < -0.39 is 0 Å². The normalized spacial score (nSPS) is 19.3. The maximum Gasteiger partial charge on any atom is 0.0627 e. The second-order valence-electron chi connectivity index (χ2n) is 7.44. The zero-order chi connectivity index (χ0) is 15.2. The molecule has 2 rings (SSSR count). The SMILES string of the molecule is CC(C)CNCC(C)C(C)Cc1ccn(C2CCCC2)n1. The average Bonchev–Trinajstić information content (AvgIpc) is 3.07. The molecule has 0 bridgehead atoms. The molecular weight excluding hydrogens is 258 g/mol. The molecule has 1 N–H and O–H groups in total. The Morgan fingerprint density at radius 3 is 2.52 bits per heavy atom. The smallest absolute Gasteiger partial charge is 0.0627 e. The lowest BCUT2D eigenvalue weighted by atomic mass is 9.91. The summed E-state index contributed by atoms with van der Waals surface area (Å²) in [7, 11) is 0. The van der Waals surface area contributed by atoms with Gasteiger partial charge in [0.25, 0.3) is 0 Å². The van der Waals surface area contributed by atoms with E-state index in [1.54, 1.807) is 0 Å². The van der Waals surface area contributed by atoms with Gasteiger partial charge in [0.15, 0.2) is 0 Å². The minimum Gasteiger partial charge on any atom is -0.316 e. The molecule has 1 heterocycles. The average molecular weight is 291 g/mol.